The molecule has 3 heteroatoms. The number of aromatic nitrogens is 1. The quantitative estimate of drug-likeness (QED) is 0.889. The molecule has 0 saturated heterocycles. The Labute approximate surface area is 98.6 Å². The van der Waals surface area contributed by atoms with Crippen LogP contribution in [0.2, 0.25) is 0 Å². The number of rotatable bonds is 2. The number of fused-ring (bicyclic) bond motifs is 2. The molecule has 0 aromatic carbocycles. The van der Waals surface area contributed by atoms with Crippen molar-refractivity contribution in [1.82, 2.24) is 4.98 Å². The molecule has 2 atom stereocenters. The number of nitrogens with one attached hydrogen (secondary N) is 1. The largest absolute Gasteiger partial charge is 0.369 e. The molecule has 0 unspecified atom stereocenters. The van der Waals surface area contributed by atoms with Crippen LogP contribution in [-0.4, -0.2) is 11.5 Å². The highest BCUT2D eigenvalue weighted by Crippen LogP contribution is 2.60. The Morgan fingerprint density at radius 2 is 2.53 bits per heavy atom. The zero-order valence-corrected chi connectivity index (χ0v) is 10.5. The van der Waals surface area contributed by atoms with Crippen molar-refractivity contribution in [2.75, 3.05) is 11.9 Å². The van der Waals surface area contributed by atoms with Gasteiger partial charge >= 0.3 is 0 Å². The second kappa shape index (κ2) is 3.21. The Hall–Kier alpha value is -0.570. The van der Waals surface area contributed by atoms with E-state index in [4.69, 9.17) is 0 Å². The highest BCUT2D eigenvalue weighted by molar-refractivity contribution is 9.10. The summed E-state index contributed by atoms with van der Waals surface area (Å²) < 4.78 is 1.10. The number of anilines is 1. The lowest BCUT2D eigenvalue weighted by Gasteiger charge is -2.08. The summed E-state index contributed by atoms with van der Waals surface area (Å²) >= 11 is 3.51. The Kier molecular flexibility index (Phi) is 2.06. The standard InChI is InChI=1S/C12H15BrN2/c1-2-3-8-5-12(8)7-15-11-10(12)4-9(13)6-14-11/h4,6,8H,2-3,5,7H2,1H3,(H,14,15)/t8-,12+/m0/s1. The van der Waals surface area contributed by atoms with Crippen molar-refractivity contribution in [3.8, 4) is 0 Å². The summed E-state index contributed by atoms with van der Waals surface area (Å²) in [5.41, 5.74) is 1.87. The summed E-state index contributed by atoms with van der Waals surface area (Å²) in [6, 6.07) is 2.25. The Morgan fingerprint density at radius 1 is 1.67 bits per heavy atom. The fourth-order valence-electron chi connectivity index (χ4n) is 2.95. The first kappa shape index (κ1) is 9.64. The van der Waals surface area contributed by atoms with Crippen LogP contribution in [0.5, 0.6) is 0 Å². The van der Waals surface area contributed by atoms with Crippen molar-refractivity contribution in [3.63, 3.8) is 0 Å². The fourth-order valence-corrected chi connectivity index (χ4v) is 3.28. The fraction of sp³-hybridized carbons (Fsp3) is 0.583. The maximum atomic E-state index is 4.43. The second-order valence-electron chi connectivity index (χ2n) is 4.75. The summed E-state index contributed by atoms with van der Waals surface area (Å²) in [7, 11) is 0. The Bertz CT molecular complexity index is 405. The van der Waals surface area contributed by atoms with Gasteiger partial charge in [0.25, 0.3) is 0 Å². The maximum Gasteiger partial charge on any atom is 0.129 e. The SMILES string of the molecule is CCC[C@H]1C[C@@]12CNc1ncc(Br)cc12. The lowest BCUT2D eigenvalue weighted by molar-refractivity contribution is 0.601. The van der Waals surface area contributed by atoms with Crippen molar-refractivity contribution in [1.29, 1.82) is 0 Å². The molecule has 0 amide bonds. The van der Waals surface area contributed by atoms with E-state index in [1.165, 1.54) is 24.8 Å². The molecule has 1 aromatic rings. The van der Waals surface area contributed by atoms with E-state index in [2.05, 4.69) is 39.2 Å². The van der Waals surface area contributed by atoms with E-state index >= 15 is 0 Å². The monoisotopic (exact) mass is 266 g/mol. The summed E-state index contributed by atoms with van der Waals surface area (Å²) in [6.45, 7) is 3.37. The first-order chi connectivity index (χ1) is 7.26. The van der Waals surface area contributed by atoms with Gasteiger partial charge in [-0.15, -0.1) is 0 Å². The first-order valence-electron chi connectivity index (χ1n) is 5.66. The van der Waals surface area contributed by atoms with Crippen molar-refractivity contribution in [2.24, 2.45) is 5.92 Å². The normalized spacial score (nSPS) is 31.5. The molecule has 1 aromatic heterocycles. The average Bonchev–Trinajstić information content (AvgIpc) is 2.79. The zero-order chi connectivity index (χ0) is 10.5. The minimum absolute atomic E-state index is 0.433. The molecule has 1 aliphatic heterocycles. The predicted octanol–water partition coefficient (Wildman–Crippen LogP) is 3.33. The molecule has 0 bridgehead atoms. The van der Waals surface area contributed by atoms with Gasteiger partial charge in [0.05, 0.1) is 0 Å². The molecule has 1 aliphatic carbocycles. The number of halogens is 1. The van der Waals surface area contributed by atoms with E-state index in [1.54, 1.807) is 0 Å². The lowest BCUT2D eigenvalue weighted by atomic mass is 9.95. The van der Waals surface area contributed by atoms with E-state index in [0.29, 0.717) is 5.41 Å². The van der Waals surface area contributed by atoms with E-state index in [9.17, 15) is 0 Å². The number of hydrogen-bond acceptors (Lipinski definition) is 2. The predicted molar refractivity (Wildman–Crippen MR) is 65.1 cm³/mol. The molecule has 1 fully saturated rings. The van der Waals surface area contributed by atoms with E-state index in [0.717, 1.165) is 22.8 Å². The smallest absolute Gasteiger partial charge is 0.129 e. The average molecular weight is 267 g/mol. The topological polar surface area (TPSA) is 24.9 Å². The molecule has 2 aliphatic rings. The van der Waals surface area contributed by atoms with Crippen LogP contribution in [0.15, 0.2) is 16.7 Å². The third-order valence-corrected chi connectivity index (χ3v) is 4.26. The van der Waals surface area contributed by atoms with Gasteiger partial charge < -0.3 is 5.32 Å². The minimum Gasteiger partial charge on any atom is -0.369 e. The molecule has 80 valence electrons. The summed E-state index contributed by atoms with van der Waals surface area (Å²) in [6.07, 6.45) is 5.87. The van der Waals surface area contributed by atoms with E-state index in [-0.39, 0.29) is 0 Å². The molecular formula is C12H15BrN2. The molecule has 3 rings (SSSR count). The van der Waals surface area contributed by atoms with Gasteiger partial charge in [0.1, 0.15) is 5.82 Å². The van der Waals surface area contributed by atoms with Gasteiger partial charge in [-0.2, -0.15) is 0 Å². The van der Waals surface area contributed by atoms with E-state index in [1.807, 2.05) is 6.20 Å². The molecular weight excluding hydrogens is 252 g/mol. The molecule has 1 spiro atoms. The van der Waals surface area contributed by atoms with Crippen LogP contribution in [0, 0.1) is 5.92 Å². The maximum absolute atomic E-state index is 4.43. The number of pyridine rings is 1. The highest BCUT2D eigenvalue weighted by Gasteiger charge is 2.58. The molecule has 15 heavy (non-hydrogen) atoms. The third-order valence-electron chi connectivity index (χ3n) is 3.83. The van der Waals surface area contributed by atoms with Gasteiger partial charge in [0.15, 0.2) is 0 Å². The van der Waals surface area contributed by atoms with Gasteiger partial charge in [-0.1, -0.05) is 13.3 Å². The van der Waals surface area contributed by atoms with Crippen LogP contribution in [0.3, 0.4) is 0 Å². The molecule has 2 nitrogen and oxygen atoms in total. The van der Waals surface area contributed by atoms with Gasteiger partial charge in [0.2, 0.25) is 0 Å². The van der Waals surface area contributed by atoms with Crippen LogP contribution in [0.4, 0.5) is 5.82 Å². The second-order valence-corrected chi connectivity index (χ2v) is 5.66. The van der Waals surface area contributed by atoms with Crippen LogP contribution in [0.1, 0.15) is 31.7 Å². The summed E-state index contributed by atoms with van der Waals surface area (Å²) in [5.74, 6) is 1.99. The van der Waals surface area contributed by atoms with Crippen LogP contribution >= 0.6 is 15.9 Å². The van der Waals surface area contributed by atoms with Crippen LogP contribution < -0.4 is 5.32 Å². The van der Waals surface area contributed by atoms with Gasteiger partial charge in [-0.3, -0.25) is 0 Å². The van der Waals surface area contributed by atoms with Crippen molar-refractivity contribution < 1.29 is 0 Å². The van der Waals surface area contributed by atoms with Crippen molar-refractivity contribution in [2.45, 2.75) is 31.6 Å². The van der Waals surface area contributed by atoms with E-state index < -0.39 is 0 Å². The van der Waals surface area contributed by atoms with Crippen LogP contribution in [0.25, 0.3) is 0 Å². The number of nitrogens with zero attached hydrogens (tertiary/aromatic N) is 1. The van der Waals surface area contributed by atoms with Gasteiger partial charge in [-0.25, -0.2) is 4.98 Å². The number of hydrogen-bond donors (Lipinski definition) is 1. The summed E-state index contributed by atoms with van der Waals surface area (Å²) in [5, 5.41) is 3.44. The lowest BCUT2D eigenvalue weighted by Crippen LogP contribution is -2.12. The first-order valence-corrected chi connectivity index (χ1v) is 6.45. The Morgan fingerprint density at radius 3 is 3.33 bits per heavy atom. The molecule has 0 radical (unpaired) electrons. The van der Waals surface area contributed by atoms with Crippen molar-refractivity contribution in [3.05, 3.63) is 22.3 Å². The molecule has 2 heterocycles. The minimum atomic E-state index is 0.433. The highest BCUT2D eigenvalue weighted by atomic mass is 79.9. The Balaban J connectivity index is 1.95. The third kappa shape index (κ3) is 1.32. The van der Waals surface area contributed by atoms with Gasteiger partial charge in [-0.05, 0) is 40.8 Å². The summed E-state index contributed by atoms with van der Waals surface area (Å²) in [4.78, 5) is 4.43. The van der Waals surface area contributed by atoms with Crippen molar-refractivity contribution >= 4 is 21.7 Å². The van der Waals surface area contributed by atoms with Gasteiger partial charge in [0, 0.05) is 28.2 Å². The zero-order valence-electron chi connectivity index (χ0n) is 8.89. The molecule has 1 saturated carbocycles. The van der Waals surface area contributed by atoms with Crippen LogP contribution in [-0.2, 0) is 5.41 Å². The molecule has 1 N–H and O–H groups in total.